The number of carbonyl (C=O) groups is 1. The van der Waals surface area contributed by atoms with Crippen LogP contribution in [-0.2, 0) is 15.2 Å². The first-order chi connectivity index (χ1) is 9.08. The van der Waals surface area contributed by atoms with Crippen molar-refractivity contribution in [1.82, 2.24) is 0 Å². The normalized spacial score (nSPS) is 27.0. The van der Waals surface area contributed by atoms with E-state index < -0.39 is 17.6 Å². The number of benzene rings is 1. The van der Waals surface area contributed by atoms with Crippen molar-refractivity contribution < 1.29 is 13.9 Å². The maximum absolute atomic E-state index is 15.3. The van der Waals surface area contributed by atoms with Crippen molar-refractivity contribution in [2.75, 3.05) is 6.61 Å². The molecule has 4 heteroatoms. The summed E-state index contributed by atoms with van der Waals surface area (Å²) in [5.41, 5.74) is -1.11. The van der Waals surface area contributed by atoms with E-state index in [1.807, 2.05) is 0 Å². The molecule has 1 saturated carbocycles. The summed E-state index contributed by atoms with van der Waals surface area (Å²) >= 11 is 5.83. The number of hydrogen-bond acceptors (Lipinski definition) is 2. The summed E-state index contributed by atoms with van der Waals surface area (Å²) in [7, 11) is 0. The van der Waals surface area contributed by atoms with E-state index in [0.29, 0.717) is 23.4 Å². The summed E-state index contributed by atoms with van der Waals surface area (Å²) in [5, 5.41) is 0.566. The highest BCUT2D eigenvalue weighted by Gasteiger charge is 2.47. The van der Waals surface area contributed by atoms with Crippen molar-refractivity contribution >= 4 is 17.6 Å². The average Bonchev–Trinajstić information content (AvgIpc) is 2.40. The standard InChI is InChI=1S/C15H18ClFO2/c1-2-19-14(18)13-5-3-4-10-15(13,17)11-6-8-12(16)9-7-11/h6-9,13H,2-5,10H2,1H3/t13-,15+/m1/s1. The lowest BCUT2D eigenvalue weighted by molar-refractivity contribution is -0.157. The van der Waals surface area contributed by atoms with Gasteiger partial charge in [0.15, 0.2) is 0 Å². The molecule has 19 heavy (non-hydrogen) atoms. The van der Waals surface area contributed by atoms with Crippen molar-refractivity contribution in [1.29, 1.82) is 0 Å². The van der Waals surface area contributed by atoms with Crippen LogP contribution in [0.2, 0.25) is 5.02 Å². The van der Waals surface area contributed by atoms with Crippen LogP contribution in [0.1, 0.15) is 38.2 Å². The molecule has 104 valence electrons. The lowest BCUT2D eigenvalue weighted by Crippen LogP contribution is -2.39. The van der Waals surface area contributed by atoms with Crippen molar-refractivity contribution in [2.45, 2.75) is 38.3 Å². The van der Waals surface area contributed by atoms with E-state index in [4.69, 9.17) is 16.3 Å². The van der Waals surface area contributed by atoms with Gasteiger partial charge in [0.05, 0.1) is 12.5 Å². The molecule has 1 aliphatic rings. The van der Waals surface area contributed by atoms with E-state index in [-0.39, 0.29) is 6.61 Å². The van der Waals surface area contributed by atoms with Crippen molar-refractivity contribution in [3.05, 3.63) is 34.9 Å². The molecule has 0 N–H and O–H groups in total. The van der Waals surface area contributed by atoms with E-state index in [1.54, 1.807) is 31.2 Å². The Morgan fingerprint density at radius 3 is 2.74 bits per heavy atom. The molecule has 0 aliphatic heterocycles. The fourth-order valence-corrected chi connectivity index (χ4v) is 2.88. The molecule has 1 aliphatic carbocycles. The second kappa shape index (κ2) is 5.91. The van der Waals surface area contributed by atoms with Gasteiger partial charge in [-0.25, -0.2) is 4.39 Å². The average molecular weight is 285 g/mol. The van der Waals surface area contributed by atoms with Crippen LogP contribution in [0.15, 0.2) is 24.3 Å². The van der Waals surface area contributed by atoms with E-state index in [0.717, 1.165) is 12.8 Å². The number of hydrogen-bond donors (Lipinski definition) is 0. The third-order valence-corrected chi connectivity index (χ3v) is 3.98. The lowest BCUT2D eigenvalue weighted by Gasteiger charge is -2.36. The quantitative estimate of drug-likeness (QED) is 0.775. The zero-order chi connectivity index (χ0) is 13.9. The molecule has 0 bridgehead atoms. The first kappa shape index (κ1) is 14.3. The van der Waals surface area contributed by atoms with Gasteiger partial charge in [0, 0.05) is 5.02 Å². The highest BCUT2D eigenvalue weighted by atomic mass is 35.5. The Hall–Kier alpha value is -1.09. The van der Waals surface area contributed by atoms with Gasteiger partial charge in [-0.1, -0.05) is 30.2 Å². The van der Waals surface area contributed by atoms with Crippen molar-refractivity contribution in [3.63, 3.8) is 0 Å². The molecule has 1 aromatic carbocycles. The van der Waals surface area contributed by atoms with Crippen LogP contribution in [-0.4, -0.2) is 12.6 Å². The smallest absolute Gasteiger partial charge is 0.312 e. The molecule has 0 amide bonds. The largest absolute Gasteiger partial charge is 0.466 e. The predicted octanol–water partition coefficient (Wildman–Crippen LogP) is 4.26. The third kappa shape index (κ3) is 2.92. The van der Waals surface area contributed by atoms with Gasteiger partial charge in [-0.3, -0.25) is 4.79 Å². The minimum Gasteiger partial charge on any atom is -0.466 e. The number of rotatable bonds is 3. The summed E-state index contributed by atoms with van der Waals surface area (Å²) in [5.74, 6) is -1.14. The summed E-state index contributed by atoms with van der Waals surface area (Å²) in [6.07, 6.45) is 2.55. The minimum absolute atomic E-state index is 0.284. The van der Waals surface area contributed by atoms with Gasteiger partial charge in [0.1, 0.15) is 5.67 Å². The summed E-state index contributed by atoms with van der Waals surface area (Å²) in [6, 6.07) is 6.66. The van der Waals surface area contributed by atoms with Crippen LogP contribution in [0.25, 0.3) is 0 Å². The molecule has 0 heterocycles. The van der Waals surface area contributed by atoms with Gasteiger partial charge in [-0.2, -0.15) is 0 Å². The van der Waals surface area contributed by atoms with Gasteiger partial charge in [0.2, 0.25) is 0 Å². The minimum atomic E-state index is -1.63. The van der Waals surface area contributed by atoms with Gasteiger partial charge in [-0.15, -0.1) is 0 Å². The number of alkyl halides is 1. The maximum atomic E-state index is 15.3. The topological polar surface area (TPSA) is 26.3 Å². The number of halogens is 2. The fourth-order valence-electron chi connectivity index (χ4n) is 2.75. The Morgan fingerprint density at radius 2 is 2.11 bits per heavy atom. The number of esters is 1. The van der Waals surface area contributed by atoms with Crippen molar-refractivity contribution in [3.8, 4) is 0 Å². The van der Waals surface area contributed by atoms with E-state index in [9.17, 15) is 4.79 Å². The molecule has 0 spiro atoms. The summed E-state index contributed by atoms with van der Waals surface area (Å²) < 4.78 is 20.3. The van der Waals surface area contributed by atoms with E-state index >= 15 is 4.39 Å². The van der Waals surface area contributed by atoms with Crippen molar-refractivity contribution in [2.24, 2.45) is 5.92 Å². The molecule has 0 radical (unpaired) electrons. The lowest BCUT2D eigenvalue weighted by atomic mass is 9.73. The molecule has 0 unspecified atom stereocenters. The Kier molecular flexibility index (Phi) is 4.46. The predicted molar refractivity (Wildman–Crippen MR) is 72.8 cm³/mol. The van der Waals surface area contributed by atoms with Gasteiger partial charge in [0.25, 0.3) is 0 Å². The van der Waals surface area contributed by atoms with Crippen LogP contribution in [0.5, 0.6) is 0 Å². The fraction of sp³-hybridized carbons (Fsp3) is 0.533. The van der Waals surface area contributed by atoms with Gasteiger partial charge >= 0.3 is 5.97 Å². The summed E-state index contributed by atoms with van der Waals surface area (Å²) in [4.78, 5) is 12.0. The first-order valence-electron chi connectivity index (χ1n) is 6.69. The monoisotopic (exact) mass is 284 g/mol. The molecule has 2 nitrogen and oxygen atoms in total. The summed E-state index contributed by atoms with van der Waals surface area (Å²) in [6.45, 7) is 2.02. The van der Waals surface area contributed by atoms with Gasteiger partial charge < -0.3 is 4.74 Å². The highest BCUT2D eigenvalue weighted by Crippen LogP contribution is 2.45. The molecule has 1 fully saturated rings. The first-order valence-corrected chi connectivity index (χ1v) is 7.07. The molecular formula is C15H18ClFO2. The molecule has 2 atom stereocenters. The van der Waals surface area contributed by atoms with Crippen LogP contribution in [0.4, 0.5) is 4.39 Å². The molecule has 0 saturated heterocycles. The van der Waals surface area contributed by atoms with Crippen LogP contribution in [0, 0.1) is 5.92 Å². The van der Waals surface area contributed by atoms with E-state index in [2.05, 4.69) is 0 Å². The second-order valence-corrected chi connectivity index (χ2v) is 5.36. The zero-order valence-electron chi connectivity index (χ0n) is 11.0. The highest BCUT2D eigenvalue weighted by molar-refractivity contribution is 6.30. The van der Waals surface area contributed by atoms with E-state index in [1.165, 1.54) is 0 Å². The maximum Gasteiger partial charge on any atom is 0.312 e. The SMILES string of the molecule is CCOC(=O)[C@H]1CCCC[C@]1(F)c1ccc(Cl)cc1. The number of carbonyl (C=O) groups excluding carboxylic acids is 1. The molecule has 2 rings (SSSR count). The molecule has 0 aromatic heterocycles. The molecule has 1 aromatic rings. The van der Waals surface area contributed by atoms with Crippen LogP contribution >= 0.6 is 11.6 Å². The Bertz CT molecular complexity index is 446. The Labute approximate surface area is 117 Å². The Balaban J connectivity index is 2.30. The Morgan fingerprint density at radius 1 is 1.42 bits per heavy atom. The number of ether oxygens (including phenoxy) is 1. The second-order valence-electron chi connectivity index (χ2n) is 4.92. The zero-order valence-corrected chi connectivity index (χ0v) is 11.8. The van der Waals surface area contributed by atoms with Crippen LogP contribution < -0.4 is 0 Å². The van der Waals surface area contributed by atoms with Crippen LogP contribution in [0.3, 0.4) is 0 Å². The van der Waals surface area contributed by atoms with Gasteiger partial charge in [-0.05, 0) is 43.9 Å². The molecular weight excluding hydrogens is 267 g/mol. The third-order valence-electron chi connectivity index (χ3n) is 3.73.